The SMILES string of the molecule is CN/N=c1/ccc(-c2ccc(OC(F)(F)F)cc2)nn1C. The molecule has 1 heterocycles. The Balaban J connectivity index is 2.27. The molecule has 2 aromatic rings. The van der Waals surface area contributed by atoms with Crippen LogP contribution in [-0.4, -0.2) is 23.2 Å². The Morgan fingerprint density at radius 3 is 2.33 bits per heavy atom. The average molecular weight is 298 g/mol. The maximum Gasteiger partial charge on any atom is 0.573 e. The first-order valence-corrected chi connectivity index (χ1v) is 6.00. The number of ether oxygens (including phenoxy) is 1. The van der Waals surface area contributed by atoms with E-state index in [1.54, 1.807) is 30.9 Å². The highest BCUT2D eigenvalue weighted by atomic mass is 19.4. The van der Waals surface area contributed by atoms with E-state index in [0.717, 1.165) is 0 Å². The first-order valence-electron chi connectivity index (χ1n) is 6.00. The quantitative estimate of drug-likeness (QED) is 0.882. The minimum atomic E-state index is -4.69. The number of halogens is 3. The molecule has 1 aromatic carbocycles. The van der Waals surface area contributed by atoms with E-state index in [1.165, 1.54) is 24.3 Å². The van der Waals surface area contributed by atoms with Crippen molar-refractivity contribution < 1.29 is 17.9 Å². The van der Waals surface area contributed by atoms with Gasteiger partial charge in [0, 0.05) is 19.7 Å². The highest BCUT2D eigenvalue weighted by molar-refractivity contribution is 5.59. The summed E-state index contributed by atoms with van der Waals surface area (Å²) in [6, 6.07) is 9.00. The van der Waals surface area contributed by atoms with Crippen LogP contribution in [-0.2, 0) is 7.05 Å². The molecule has 0 aliphatic carbocycles. The zero-order chi connectivity index (χ0) is 15.5. The molecule has 0 bridgehead atoms. The van der Waals surface area contributed by atoms with Gasteiger partial charge in [0.15, 0.2) is 5.49 Å². The maximum atomic E-state index is 12.1. The predicted molar refractivity (Wildman–Crippen MR) is 69.9 cm³/mol. The summed E-state index contributed by atoms with van der Waals surface area (Å²) in [5.41, 5.74) is 4.57. The van der Waals surface area contributed by atoms with E-state index in [4.69, 9.17) is 0 Å². The van der Waals surface area contributed by atoms with Crippen LogP contribution >= 0.6 is 0 Å². The van der Waals surface area contributed by atoms with Crippen molar-refractivity contribution in [2.24, 2.45) is 12.1 Å². The summed E-state index contributed by atoms with van der Waals surface area (Å²) in [6.45, 7) is 0. The van der Waals surface area contributed by atoms with Crippen LogP contribution in [0.3, 0.4) is 0 Å². The van der Waals surface area contributed by atoms with Crippen molar-refractivity contribution in [3.63, 3.8) is 0 Å². The van der Waals surface area contributed by atoms with E-state index >= 15 is 0 Å². The van der Waals surface area contributed by atoms with Crippen LogP contribution in [0.2, 0.25) is 0 Å². The Morgan fingerprint density at radius 1 is 1.14 bits per heavy atom. The van der Waals surface area contributed by atoms with E-state index in [9.17, 15) is 13.2 Å². The molecule has 1 aromatic heterocycles. The first kappa shape index (κ1) is 14.9. The number of nitrogens with one attached hydrogen (secondary N) is 1. The highest BCUT2D eigenvalue weighted by Crippen LogP contribution is 2.25. The van der Waals surface area contributed by atoms with Crippen LogP contribution in [0.1, 0.15) is 0 Å². The smallest absolute Gasteiger partial charge is 0.406 e. The number of alkyl halides is 3. The van der Waals surface area contributed by atoms with Crippen molar-refractivity contribution >= 4 is 0 Å². The normalized spacial score (nSPS) is 12.3. The zero-order valence-electron chi connectivity index (χ0n) is 11.3. The molecule has 5 nitrogen and oxygen atoms in total. The van der Waals surface area contributed by atoms with Crippen molar-refractivity contribution in [1.29, 1.82) is 0 Å². The van der Waals surface area contributed by atoms with Crippen LogP contribution < -0.4 is 15.7 Å². The average Bonchev–Trinajstić information content (AvgIpc) is 2.40. The molecule has 0 radical (unpaired) electrons. The molecule has 0 atom stereocenters. The van der Waals surface area contributed by atoms with Crippen LogP contribution in [0.5, 0.6) is 5.75 Å². The van der Waals surface area contributed by atoms with Crippen molar-refractivity contribution in [2.75, 3.05) is 7.05 Å². The van der Waals surface area contributed by atoms with Gasteiger partial charge in [0.05, 0.1) is 5.69 Å². The lowest BCUT2D eigenvalue weighted by atomic mass is 10.1. The molecule has 21 heavy (non-hydrogen) atoms. The van der Waals surface area contributed by atoms with Crippen LogP contribution in [0.15, 0.2) is 41.5 Å². The number of nitrogens with zero attached hydrogens (tertiary/aromatic N) is 3. The molecule has 1 N–H and O–H groups in total. The lowest BCUT2D eigenvalue weighted by Crippen LogP contribution is -2.23. The van der Waals surface area contributed by atoms with Gasteiger partial charge in [-0.1, -0.05) is 0 Å². The second-order valence-corrected chi connectivity index (χ2v) is 4.11. The third-order valence-corrected chi connectivity index (χ3v) is 2.59. The lowest BCUT2D eigenvalue weighted by Gasteiger charge is -2.09. The van der Waals surface area contributed by atoms with Gasteiger partial charge in [0.1, 0.15) is 5.75 Å². The van der Waals surface area contributed by atoms with Gasteiger partial charge in [0.2, 0.25) is 0 Å². The van der Waals surface area contributed by atoms with Gasteiger partial charge in [-0.25, -0.2) is 4.68 Å². The Hall–Kier alpha value is -2.51. The number of benzene rings is 1. The topological polar surface area (TPSA) is 51.4 Å². The molecule has 0 unspecified atom stereocenters. The fraction of sp³-hybridized carbons (Fsp3) is 0.231. The molecule has 0 spiro atoms. The van der Waals surface area contributed by atoms with Gasteiger partial charge in [-0.05, 0) is 36.4 Å². The molecular formula is C13H13F3N4O. The molecule has 0 fully saturated rings. The predicted octanol–water partition coefficient (Wildman–Crippen LogP) is 2.02. The summed E-state index contributed by atoms with van der Waals surface area (Å²) in [4.78, 5) is 0. The Bertz CT molecular complexity index is 677. The van der Waals surface area contributed by atoms with E-state index in [-0.39, 0.29) is 5.75 Å². The van der Waals surface area contributed by atoms with Gasteiger partial charge < -0.3 is 10.2 Å². The summed E-state index contributed by atoms with van der Waals surface area (Å²) in [5, 5.41) is 8.29. The number of aryl methyl sites for hydroxylation is 1. The summed E-state index contributed by atoms with van der Waals surface area (Å²) in [6.07, 6.45) is -4.69. The number of aromatic nitrogens is 2. The van der Waals surface area contributed by atoms with Crippen LogP contribution in [0.25, 0.3) is 11.3 Å². The van der Waals surface area contributed by atoms with Crippen LogP contribution in [0, 0.1) is 0 Å². The molecule has 8 heteroatoms. The van der Waals surface area contributed by atoms with Crippen molar-refractivity contribution in [3.05, 3.63) is 41.9 Å². The van der Waals surface area contributed by atoms with Gasteiger partial charge in [-0.15, -0.1) is 13.2 Å². The second kappa shape index (κ2) is 5.86. The Morgan fingerprint density at radius 2 is 1.81 bits per heavy atom. The molecule has 2 rings (SSSR count). The minimum absolute atomic E-state index is 0.266. The second-order valence-electron chi connectivity index (χ2n) is 4.11. The third-order valence-electron chi connectivity index (χ3n) is 2.59. The van der Waals surface area contributed by atoms with E-state index in [2.05, 4.69) is 20.4 Å². The van der Waals surface area contributed by atoms with Gasteiger partial charge in [-0.3, -0.25) is 0 Å². The van der Waals surface area contributed by atoms with Gasteiger partial charge in [0.25, 0.3) is 0 Å². The summed E-state index contributed by atoms with van der Waals surface area (Å²) < 4.78 is 41.6. The monoisotopic (exact) mass is 298 g/mol. The first-order chi connectivity index (χ1) is 9.89. The third kappa shape index (κ3) is 3.98. The summed E-state index contributed by atoms with van der Waals surface area (Å²) in [7, 11) is 3.40. The van der Waals surface area contributed by atoms with Crippen molar-refractivity contribution in [3.8, 4) is 17.0 Å². The fourth-order valence-electron chi connectivity index (χ4n) is 1.71. The molecule has 0 aliphatic rings. The van der Waals surface area contributed by atoms with E-state index < -0.39 is 6.36 Å². The van der Waals surface area contributed by atoms with E-state index in [0.29, 0.717) is 16.7 Å². The Labute approximate surface area is 118 Å². The number of rotatable bonds is 3. The highest BCUT2D eigenvalue weighted by Gasteiger charge is 2.30. The molecule has 112 valence electrons. The number of hydrogen-bond donors (Lipinski definition) is 1. The summed E-state index contributed by atoms with van der Waals surface area (Å²) in [5.74, 6) is -0.266. The van der Waals surface area contributed by atoms with Crippen molar-refractivity contribution in [2.45, 2.75) is 6.36 Å². The summed E-state index contributed by atoms with van der Waals surface area (Å²) >= 11 is 0. The zero-order valence-corrected chi connectivity index (χ0v) is 11.3. The number of hydrogen-bond acceptors (Lipinski definition) is 4. The largest absolute Gasteiger partial charge is 0.573 e. The van der Waals surface area contributed by atoms with Crippen LogP contribution in [0.4, 0.5) is 13.2 Å². The van der Waals surface area contributed by atoms with Gasteiger partial charge in [-0.2, -0.15) is 10.2 Å². The maximum absolute atomic E-state index is 12.1. The molecule has 0 amide bonds. The Kier molecular flexibility index (Phi) is 4.15. The molecule has 0 saturated heterocycles. The molecule has 0 aliphatic heterocycles. The van der Waals surface area contributed by atoms with Gasteiger partial charge >= 0.3 is 6.36 Å². The standard InChI is InChI=1S/C13H13F3N4O/c1-17-18-12-8-7-11(19-20(12)2)9-3-5-10(6-4-9)21-13(14,15)16/h3-8,17H,1-2H3/b18-12-. The molecular weight excluding hydrogens is 285 g/mol. The van der Waals surface area contributed by atoms with Crippen molar-refractivity contribution in [1.82, 2.24) is 15.2 Å². The molecule has 0 saturated carbocycles. The van der Waals surface area contributed by atoms with E-state index in [1.807, 2.05) is 0 Å². The fourth-order valence-corrected chi connectivity index (χ4v) is 1.71. The lowest BCUT2D eigenvalue weighted by molar-refractivity contribution is -0.274. The minimum Gasteiger partial charge on any atom is -0.406 e.